The van der Waals surface area contributed by atoms with Crippen LogP contribution >= 0.6 is 0 Å². The molecule has 3 nitrogen and oxygen atoms in total. The van der Waals surface area contributed by atoms with Gasteiger partial charge < -0.3 is 4.18 Å². The highest BCUT2D eigenvalue weighted by molar-refractivity contribution is 7.88. The minimum atomic E-state index is -7.35. The summed E-state index contributed by atoms with van der Waals surface area (Å²) in [4.78, 5) is 0. The van der Waals surface area contributed by atoms with Crippen LogP contribution in [0.2, 0.25) is 0 Å². The Balaban J connectivity index is 2.22. The van der Waals surface area contributed by atoms with Crippen molar-refractivity contribution >= 4 is 10.1 Å². The quantitative estimate of drug-likeness (QED) is 0.326. The van der Waals surface area contributed by atoms with Crippen molar-refractivity contribution in [3.63, 3.8) is 0 Å². The van der Waals surface area contributed by atoms with Crippen LogP contribution in [-0.2, 0) is 16.5 Å². The molecule has 0 bridgehead atoms. The number of benzene rings is 2. The van der Waals surface area contributed by atoms with Gasteiger partial charge in [-0.1, -0.05) is 49.4 Å². The van der Waals surface area contributed by atoms with Gasteiger partial charge in [0.2, 0.25) is 0 Å². The van der Waals surface area contributed by atoms with E-state index in [1.807, 2.05) is 19.1 Å². The third-order valence-corrected chi connectivity index (χ3v) is 5.77. The summed E-state index contributed by atoms with van der Waals surface area (Å²) >= 11 is 0. The number of halogens is 9. The van der Waals surface area contributed by atoms with Crippen molar-refractivity contribution in [2.75, 3.05) is 0 Å². The first-order valence-corrected chi connectivity index (χ1v) is 10.1. The Kier molecular flexibility index (Phi) is 6.85. The van der Waals surface area contributed by atoms with Crippen LogP contribution in [0.15, 0.2) is 54.6 Å². The van der Waals surface area contributed by atoms with Crippen LogP contribution < -0.4 is 4.18 Å². The summed E-state index contributed by atoms with van der Waals surface area (Å²) in [5.41, 5.74) is 1.50. The molecule has 0 aromatic heterocycles. The molecule has 0 heterocycles. The molecule has 0 N–H and O–H groups in total. The molecule has 0 saturated heterocycles. The molecule has 13 heteroatoms. The molecule has 2 aromatic rings. The van der Waals surface area contributed by atoms with Crippen molar-refractivity contribution in [2.45, 2.75) is 42.5 Å². The second kappa shape index (κ2) is 8.49. The van der Waals surface area contributed by atoms with Gasteiger partial charge in [-0.25, -0.2) is 0 Å². The van der Waals surface area contributed by atoms with E-state index in [1.165, 1.54) is 12.1 Å². The van der Waals surface area contributed by atoms with Crippen molar-refractivity contribution in [3.8, 4) is 5.75 Å². The zero-order valence-electron chi connectivity index (χ0n) is 16.0. The fourth-order valence-corrected chi connectivity index (χ4v) is 3.54. The highest BCUT2D eigenvalue weighted by Crippen LogP contribution is 2.54. The Hall–Kier alpha value is -2.44. The molecular weight excluding hydrogens is 479 g/mol. The predicted octanol–water partition coefficient (Wildman–Crippen LogP) is 6.17. The summed E-state index contributed by atoms with van der Waals surface area (Å²) in [6.45, 7) is 1.85. The highest BCUT2D eigenvalue weighted by Gasteiger charge is 2.86. The monoisotopic (exact) mass is 494 g/mol. The van der Waals surface area contributed by atoms with Gasteiger partial charge in [-0.05, 0) is 35.6 Å². The van der Waals surface area contributed by atoms with Crippen LogP contribution in [0, 0.1) is 0 Å². The Bertz CT molecular complexity index is 1020. The number of alkyl halides is 9. The van der Waals surface area contributed by atoms with Crippen LogP contribution in [-0.4, -0.2) is 31.7 Å². The molecule has 178 valence electrons. The average Bonchev–Trinajstić information content (AvgIpc) is 2.68. The molecule has 32 heavy (non-hydrogen) atoms. The van der Waals surface area contributed by atoms with Crippen molar-refractivity contribution in [3.05, 3.63) is 65.7 Å². The van der Waals surface area contributed by atoms with E-state index in [4.69, 9.17) is 0 Å². The lowest BCUT2D eigenvalue weighted by Crippen LogP contribution is -2.63. The second-order valence-corrected chi connectivity index (χ2v) is 8.45. The van der Waals surface area contributed by atoms with Crippen LogP contribution in [0.4, 0.5) is 39.5 Å². The summed E-state index contributed by atoms with van der Waals surface area (Å²) in [7, 11) is -6.96. The molecule has 1 atom stereocenters. The first kappa shape index (κ1) is 25.8. The van der Waals surface area contributed by atoms with Crippen LogP contribution in [0.1, 0.15) is 24.0 Å². The minimum Gasteiger partial charge on any atom is -0.378 e. The lowest BCUT2D eigenvalue weighted by Gasteiger charge is -2.32. The molecule has 0 radical (unpaired) electrons. The Morgan fingerprint density at radius 3 is 1.75 bits per heavy atom. The zero-order valence-corrected chi connectivity index (χ0v) is 16.8. The third kappa shape index (κ3) is 4.66. The Morgan fingerprint density at radius 1 is 0.781 bits per heavy atom. The van der Waals surface area contributed by atoms with E-state index in [9.17, 15) is 47.9 Å². The lowest BCUT2D eigenvalue weighted by atomic mass is 9.94. The van der Waals surface area contributed by atoms with Gasteiger partial charge >= 0.3 is 33.4 Å². The summed E-state index contributed by atoms with van der Waals surface area (Å²) < 4.78 is 143. The van der Waals surface area contributed by atoms with Crippen molar-refractivity contribution in [2.24, 2.45) is 0 Å². The molecule has 2 aromatic carbocycles. The van der Waals surface area contributed by atoms with E-state index < -0.39 is 39.1 Å². The minimum absolute atomic E-state index is 0.0284. The van der Waals surface area contributed by atoms with E-state index in [2.05, 4.69) is 4.18 Å². The van der Waals surface area contributed by atoms with E-state index in [-0.39, 0.29) is 5.92 Å². The van der Waals surface area contributed by atoms with Gasteiger partial charge in [0.15, 0.2) is 0 Å². The second-order valence-electron chi connectivity index (χ2n) is 6.86. The van der Waals surface area contributed by atoms with Crippen LogP contribution in [0.5, 0.6) is 5.75 Å². The van der Waals surface area contributed by atoms with E-state index in [0.29, 0.717) is 12.0 Å². The van der Waals surface area contributed by atoms with Crippen molar-refractivity contribution < 1.29 is 52.1 Å². The SMILES string of the molecule is CC(Cc1ccc(OS(=O)(=O)C(F)(F)C(F)(F)C(F)(F)C(F)(F)F)cc1)c1ccccc1. The van der Waals surface area contributed by atoms with Crippen molar-refractivity contribution in [1.29, 1.82) is 0 Å². The summed E-state index contributed by atoms with van der Waals surface area (Å²) in [5.74, 6) is -15.7. The van der Waals surface area contributed by atoms with Crippen molar-refractivity contribution in [1.82, 2.24) is 0 Å². The van der Waals surface area contributed by atoms with Gasteiger partial charge in [0, 0.05) is 0 Å². The first-order chi connectivity index (χ1) is 14.4. The maximum absolute atomic E-state index is 13.7. The molecule has 0 aliphatic heterocycles. The largest absolute Gasteiger partial charge is 0.460 e. The van der Waals surface area contributed by atoms with Gasteiger partial charge in [-0.3, -0.25) is 0 Å². The van der Waals surface area contributed by atoms with E-state index >= 15 is 0 Å². The lowest BCUT2D eigenvalue weighted by molar-refractivity contribution is -0.382. The third-order valence-electron chi connectivity index (χ3n) is 4.47. The molecule has 1 unspecified atom stereocenters. The summed E-state index contributed by atoms with van der Waals surface area (Å²) in [5, 5.41) is -6.90. The fourth-order valence-electron chi connectivity index (χ4n) is 2.63. The molecule has 0 aliphatic rings. The standard InChI is InChI=1S/C19H15F9O3S/c1-12(14-5-3-2-4-6-14)11-13-7-9-15(10-8-13)31-32(29,30)19(27,28)17(22,23)16(20,21)18(24,25)26/h2-10,12H,11H2,1H3. The summed E-state index contributed by atoms with van der Waals surface area (Å²) in [6, 6.07) is 13.0. The Labute approximate surface area is 176 Å². The average molecular weight is 494 g/mol. The maximum atomic E-state index is 13.7. The number of rotatable bonds is 8. The van der Waals surface area contributed by atoms with Gasteiger partial charge in [0.05, 0.1) is 0 Å². The molecule has 2 rings (SSSR count). The predicted molar refractivity (Wildman–Crippen MR) is 95.4 cm³/mol. The molecule has 0 spiro atoms. The summed E-state index contributed by atoms with van der Waals surface area (Å²) in [6.07, 6.45) is -6.75. The van der Waals surface area contributed by atoms with Gasteiger partial charge in [0.25, 0.3) is 0 Å². The molecule has 0 fully saturated rings. The van der Waals surface area contributed by atoms with E-state index in [0.717, 1.165) is 17.7 Å². The van der Waals surface area contributed by atoms with Crippen LogP contribution in [0.25, 0.3) is 0 Å². The molecule has 0 amide bonds. The Morgan fingerprint density at radius 2 is 1.28 bits per heavy atom. The van der Waals surface area contributed by atoms with Crippen LogP contribution in [0.3, 0.4) is 0 Å². The maximum Gasteiger partial charge on any atom is 0.460 e. The van der Waals surface area contributed by atoms with Gasteiger partial charge in [-0.2, -0.15) is 47.9 Å². The zero-order chi connectivity index (χ0) is 24.6. The fraction of sp³-hybridized carbons (Fsp3) is 0.368. The van der Waals surface area contributed by atoms with Gasteiger partial charge in [-0.15, -0.1) is 0 Å². The van der Waals surface area contributed by atoms with E-state index in [1.54, 1.807) is 18.2 Å². The van der Waals surface area contributed by atoms with Gasteiger partial charge in [0.1, 0.15) is 5.75 Å². The highest BCUT2D eigenvalue weighted by atomic mass is 32.2. The number of hydrogen-bond acceptors (Lipinski definition) is 3. The molecular formula is C19H15F9O3S. The smallest absolute Gasteiger partial charge is 0.378 e. The topological polar surface area (TPSA) is 43.4 Å². The normalized spacial score (nSPS) is 14.8. The molecule has 0 saturated carbocycles. The number of hydrogen-bond donors (Lipinski definition) is 0. The molecule has 0 aliphatic carbocycles. The first-order valence-electron chi connectivity index (χ1n) is 8.72.